The van der Waals surface area contributed by atoms with Crippen LogP contribution in [0.1, 0.15) is 10.4 Å². The average molecular weight is 405 g/mol. The van der Waals surface area contributed by atoms with Crippen LogP contribution in [0.2, 0.25) is 0 Å². The first-order chi connectivity index (χ1) is 12.9. The Morgan fingerprint density at radius 3 is 2.63 bits per heavy atom. The molecule has 0 aliphatic carbocycles. The van der Waals surface area contributed by atoms with Crippen LogP contribution in [0.25, 0.3) is 0 Å². The number of fused-ring (bicyclic) bond motifs is 1. The van der Waals surface area contributed by atoms with E-state index in [0.29, 0.717) is 22.1 Å². The molecule has 2 unspecified atom stereocenters. The van der Waals surface area contributed by atoms with Crippen LogP contribution in [-0.4, -0.2) is 42.3 Å². The lowest BCUT2D eigenvalue weighted by atomic mass is 10.2. The average Bonchev–Trinajstić information content (AvgIpc) is 3.09. The van der Waals surface area contributed by atoms with E-state index in [0.717, 1.165) is 0 Å². The van der Waals surface area contributed by atoms with Crippen molar-refractivity contribution >= 4 is 44.0 Å². The van der Waals surface area contributed by atoms with Crippen molar-refractivity contribution in [2.75, 3.05) is 22.1 Å². The summed E-state index contributed by atoms with van der Waals surface area (Å²) in [6.07, 6.45) is 0. The van der Waals surface area contributed by atoms with Crippen LogP contribution in [0.4, 0.5) is 15.8 Å². The lowest BCUT2D eigenvalue weighted by Crippen LogP contribution is -2.14. The van der Waals surface area contributed by atoms with Crippen LogP contribution in [0.3, 0.4) is 0 Å². The molecular formula is C18H16FN3O3S2. The zero-order valence-corrected chi connectivity index (χ0v) is 15.7. The van der Waals surface area contributed by atoms with E-state index >= 15 is 0 Å². The zero-order valence-electron chi connectivity index (χ0n) is 14.1. The maximum atomic E-state index is 13.0. The van der Waals surface area contributed by atoms with Crippen molar-refractivity contribution in [3.63, 3.8) is 0 Å². The highest BCUT2D eigenvalue weighted by Gasteiger charge is 2.42. The predicted molar refractivity (Wildman–Crippen MR) is 106 cm³/mol. The number of halogens is 1. The van der Waals surface area contributed by atoms with Gasteiger partial charge in [-0.15, -0.1) is 0 Å². The minimum Gasteiger partial charge on any atom is -0.335 e. The van der Waals surface area contributed by atoms with Crippen LogP contribution in [0.5, 0.6) is 0 Å². The van der Waals surface area contributed by atoms with Crippen LogP contribution < -0.4 is 10.6 Å². The van der Waals surface area contributed by atoms with Crippen molar-refractivity contribution in [3.8, 4) is 0 Å². The summed E-state index contributed by atoms with van der Waals surface area (Å²) in [6, 6.07) is 12.3. The second-order valence-corrected chi connectivity index (χ2v) is 9.78. The molecule has 27 heavy (non-hydrogen) atoms. The van der Waals surface area contributed by atoms with Crippen molar-refractivity contribution in [1.29, 1.82) is 0 Å². The summed E-state index contributed by atoms with van der Waals surface area (Å²) in [5, 5.41) is 6.49. The Morgan fingerprint density at radius 1 is 1.11 bits per heavy atom. The number of aliphatic imine (C=N–C) groups is 1. The molecule has 4 rings (SSSR count). The third-order valence-corrected chi connectivity index (χ3v) is 7.44. The summed E-state index contributed by atoms with van der Waals surface area (Å²) < 4.78 is 36.2. The van der Waals surface area contributed by atoms with E-state index in [1.807, 2.05) is 6.07 Å². The highest BCUT2D eigenvalue weighted by molar-refractivity contribution is 8.15. The molecule has 0 aromatic heterocycles. The molecule has 2 atom stereocenters. The lowest BCUT2D eigenvalue weighted by Gasteiger charge is -2.09. The van der Waals surface area contributed by atoms with Crippen LogP contribution >= 0.6 is 11.8 Å². The summed E-state index contributed by atoms with van der Waals surface area (Å²) >= 11 is 1.42. The summed E-state index contributed by atoms with van der Waals surface area (Å²) in [5.74, 6) is -0.437. The van der Waals surface area contributed by atoms with E-state index in [1.165, 1.54) is 36.0 Å². The monoisotopic (exact) mass is 405 g/mol. The first-order valence-corrected chi connectivity index (χ1v) is 11.0. The van der Waals surface area contributed by atoms with Gasteiger partial charge in [0, 0.05) is 22.2 Å². The largest absolute Gasteiger partial charge is 0.335 e. The number of thioether (sulfide) groups is 1. The molecular weight excluding hydrogens is 389 g/mol. The molecule has 2 aliphatic heterocycles. The number of nitrogens with one attached hydrogen (secondary N) is 2. The smallest absolute Gasteiger partial charge is 0.255 e. The summed E-state index contributed by atoms with van der Waals surface area (Å²) in [5.41, 5.74) is 1.64. The molecule has 2 aliphatic rings. The number of nitrogens with zero attached hydrogens (tertiary/aromatic N) is 1. The molecule has 2 aromatic rings. The van der Waals surface area contributed by atoms with Crippen molar-refractivity contribution in [2.24, 2.45) is 4.99 Å². The maximum absolute atomic E-state index is 13.0. The second kappa shape index (κ2) is 6.97. The molecule has 0 spiro atoms. The zero-order chi connectivity index (χ0) is 19.0. The van der Waals surface area contributed by atoms with Gasteiger partial charge in [-0.05, 0) is 42.5 Å². The van der Waals surface area contributed by atoms with Crippen molar-refractivity contribution in [3.05, 3.63) is 59.9 Å². The molecule has 2 aromatic carbocycles. The summed E-state index contributed by atoms with van der Waals surface area (Å²) in [6.45, 7) is 0. The molecule has 9 heteroatoms. The molecule has 140 valence electrons. The van der Waals surface area contributed by atoms with Gasteiger partial charge >= 0.3 is 0 Å². The first kappa shape index (κ1) is 18.0. The number of carbonyl (C=O) groups is 1. The third-order valence-electron chi connectivity index (χ3n) is 4.30. The Labute approximate surface area is 160 Å². The second-order valence-electron chi connectivity index (χ2n) is 6.40. The van der Waals surface area contributed by atoms with Gasteiger partial charge in [0.2, 0.25) is 0 Å². The van der Waals surface area contributed by atoms with E-state index in [-0.39, 0.29) is 34.5 Å². The molecule has 0 bridgehead atoms. The van der Waals surface area contributed by atoms with Crippen LogP contribution in [0.15, 0.2) is 53.5 Å². The van der Waals surface area contributed by atoms with E-state index < -0.39 is 9.84 Å². The van der Waals surface area contributed by atoms with Crippen LogP contribution in [-0.2, 0) is 9.84 Å². The van der Waals surface area contributed by atoms with Gasteiger partial charge in [0.15, 0.2) is 15.0 Å². The van der Waals surface area contributed by atoms with Crippen molar-refractivity contribution < 1.29 is 17.6 Å². The van der Waals surface area contributed by atoms with E-state index in [9.17, 15) is 17.6 Å². The summed E-state index contributed by atoms with van der Waals surface area (Å²) in [4.78, 5) is 16.8. The normalized spacial score (nSPS) is 22.8. The molecule has 1 amide bonds. The van der Waals surface area contributed by atoms with Gasteiger partial charge in [-0.25, -0.2) is 12.8 Å². The number of hydrogen-bond donors (Lipinski definition) is 2. The number of sulfone groups is 1. The topological polar surface area (TPSA) is 87.6 Å². The van der Waals surface area contributed by atoms with Gasteiger partial charge in [-0.2, -0.15) is 0 Å². The Balaban J connectivity index is 1.44. The SMILES string of the molecule is O=C(Nc1ccc(F)cc1)c1cccc(NC2=NC3CS(=O)(=O)CC3S2)c1. The fourth-order valence-corrected chi connectivity index (χ4v) is 6.69. The standard InChI is InChI=1S/C18H16FN3O3S2/c19-12-4-6-13(7-5-12)20-17(23)11-2-1-3-14(8-11)21-18-22-15-9-27(24,25)10-16(15)26-18/h1-8,15-16H,9-10H2,(H,20,23)(H,21,22). The minimum atomic E-state index is -2.98. The number of rotatable bonds is 3. The quantitative estimate of drug-likeness (QED) is 0.820. The van der Waals surface area contributed by atoms with Crippen molar-refractivity contribution in [2.45, 2.75) is 11.3 Å². The van der Waals surface area contributed by atoms with E-state index in [2.05, 4.69) is 15.6 Å². The molecule has 2 N–H and O–H groups in total. The highest BCUT2D eigenvalue weighted by Crippen LogP contribution is 2.34. The molecule has 2 heterocycles. The maximum Gasteiger partial charge on any atom is 0.255 e. The summed E-state index contributed by atoms with van der Waals surface area (Å²) in [7, 11) is -2.98. The Bertz CT molecular complexity index is 1020. The van der Waals surface area contributed by atoms with Gasteiger partial charge < -0.3 is 10.6 Å². The van der Waals surface area contributed by atoms with E-state index in [4.69, 9.17) is 0 Å². The Hall–Kier alpha value is -2.39. The fraction of sp³-hybridized carbons (Fsp3) is 0.222. The van der Waals surface area contributed by atoms with Gasteiger partial charge in [-0.1, -0.05) is 17.8 Å². The predicted octanol–water partition coefficient (Wildman–Crippen LogP) is 2.76. The lowest BCUT2D eigenvalue weighted by molar-refractivity contribution is 0.102. The number of carbonyl (C=O) groups excluding carboxylic acids is 1. The minimum absolute atomic E-state index is 0.0394. The van der Waals surface area contributed by atoms with Crippen molar-refractivity contribution in [1.82, 2.24) is 0 Å². The number of hydrogen-bond acceptors (Lipinski definition) is 6. The molecule has 6 nitrogen and oxygen atoms in total. The third kappa shape index (κ3) is 4.14. The molecule has 1 saturated heterocycles. The number of amidine groups is 1. The van der Waals surface area contributed by atoms with Gasteiger partial charge in [-0.3, -0.25) is 9.79 Å². The molecule has 0 radical (unpaired) electrons. The molecule has 0 saturated carbocycles. The first-order valence-electron chi connectivity index (χ1n) is 8.27. The Kier molecular flexibility index (Phi) is 4.65. The Morgan fingerprint density at radius 2 is 1.89 bits per heavy atom. The van der Waals surface area contributed by atoms with E-state index in [1.54, 1.807) is 18.2 Å². The molecule has 1 fully saturated rings. The highest BCUT2D eigenvalue weighted by atomic mass is 32.2. The number of benzene rings is 2. The van der Waals surface area contributed by atoms with Gasteiger partial charge in [0.25, 0.3) is 5.91 Å². The van der Waals surface area contributed by atoms with Crippen LogP contribution in [0, 0.1) is 5.82 Å². The number of anilines is 2. The number of amides is 1. The fourth-order valence-electron chi connectivity index (χ4n) is 3.01. The van der Waals surface area contributed by atoms with Gasteiger partial charge in [0.1, 0.15) is 5.82 Å². The van der Waals surface area contributed by atoms with Gasteiger partial charge in [0.05, 0.1) is 17.5 Å².